The van der Waals surface area contributed by atoms with Gasteiger partial charge in [-0.1, -0.05) is 48.5 Å². The fourth-order valence-corrected chi connectivity index (χ4v) is 7.63. The second-order valence-electron chi connectivity index (χ2n) is 8.96. The number of methoxy groups -OCH3 is 1. The average Bonchev–Trinajstić information content (AvgIpc) is 3.57. The number of thiazole rings is 1. The number of aromatic nitrogens is 3. The van der Waals surface area contributed by atoms with Crippen LogP contribution in [0.5, 0.6) is 0 Å². The maximum atomic E-state index is 15.4. The molecule has 2 heterocycles. The Bertz CT molecular complexity index is 1830. The van der Waals surface area contributed by atoms with Crippen molar-refractivity contribution in [1.29, 1.82) is 0 Å². The van der Waals surface area contributed by atoms with Gasteiger partial charge in [-0.05, 0) is 34.9 Å². The molecule has 0 aliphatic rings. The van der Waals surface area contributed by atoms with Crippen LogP contribution >= 0.6 is 11.3 Å². The molecule has 0 radical (unpaired) electrons. The number of benzene rings is 3. The Morgan fingerprint density at radius 3 is 2.51 bits per heavy atom. The lowest BCUT2D eigenvalue weighted by atomic mass is 9.97. The molecule has 0 spiro atoms. The minimum Gasteiger partial charge on any atom is -0.759 e. The number of ether oxygens (including phenoxy) is 1. The van der Waals surface area contributed by atoms with Crippen LogP contribution in [0.25, 0.3) is 21.3 Å². The van der Waals surface area contributed by atoms with Crippen LogP contribution < -0.4 is 10.3 Å². The zero-order valence-electron chi connectivity index (χ0n) is 21.7. The molecule has 2 atom stereocenters. The molecule has 0 saturated carbocycles. The molecule has 2 unspecified atom stereocenters. The lowest BCUT2D eigenvalue weighted by Crippen LogP contribution is -2.39. The summed E-state index contributed by atoms with van der Waals surface area (Å²) >= 11 is -1.55. The first-order valence-corrected chi connectivity index (χ1v) is 15.8. The highest BCUT2D eigenvalue weighted by molar-refractivity contribution is 7.92. The van der Waals surface area contributed by atoms with Gasteiger partial charge in [0, 0.05) is 30.2 Å². The Labute approximate surface area is 241 Å². The van der Waals surface area contributed by atoms with Crippen molar-refractivity contribution < 1.29 is 30.7 Å². The predicted octanol–water partition coefficient (Wildman–Crippen LogP) is 3.36. The molecule has 0 aliphatic heterocycles. The van der Waals surface area contributed by atoms with E-state index in [1.54, 1.807) is 13.2 Å². The van der Waals surface area contributed by atoms with E-state index in [-0.39, 0.29) is 23.0 Å². The van der Waals surface area contributed by atoms with E-state index in [0.29, 0.717) is 16.8 Å². The highest BCUT2D eigenvalue weighted by Crippen LogP contribution is 2.47. The zero-order valence-corrected chi connectivity index (χ0v) is 24.1. The minimum absolute atomic E-state index is 0.00892. The molecule has 5 rings (SSSR count). The van der Waals surface area contributed by atoms with Gasteiger partial charge in [-0.2, -0.15) is 4.83 Å². The topological polar surface area (TPSA) is 159 Å². The fourth-order valence-electron chi connectivity index (χ4n) is 4.44. The molecule has 2 N–H and O–H groups in total. The monoisotopic (exact) mass is 616 g/mol. The van der Waals surface area contributed by atoms with E-state index in [2.05, 4.69) is 20.6 Å². The maximum absolute atomic E-state index is 15.4. The third kappa shape index (κ3) is 5.70. The standard InChI is InChI=1S/C26H24FN5O6S3/c1-37-15-16-7-9-17(10-8-16)18-11-12-21-22(13-18)39-25(29-21)26(41(2,35)36,19-5-3-4-6-20(19)27)24-31-30-23(38-24)14-28-32-40(33)34/h3-13,28,32H,14-15H2,1-2H3,(H,33,34)/p-1. The SMILES string of the molecule is COCc1ccc(-c2ccc3nc(C(c4nnc(CNNS(=O)[O-])o4)(c4ccccc4F)S(C)(=O)=O)sc3c2)cc1. The van der Waals surface area contributed by atoms with Crippen LogP contribution in [-0.2, 0) is 43.7 Å². The molecule has 3 aromatic carbocycles. The molecule has 0 fully saturated rings. The zero-order chi connectivity index (χ0) is 29.2. The fraction of sp³-hybridized carbons (Fsp3) is 0.192. The van der Waals surface area contributed by atoms with Crippen LogP contribution in [-0.4, -0.2) is 45.7 Å². The van der Waals surface area contributed by atoms with Crippen LogP contribution in [0.3, 0.4) is 0 Å². The molecular weight excluding hydrogens is 594 g/mol. The van der Waals surface area contributed by atoms with Gasteiger partial charge in [-0.25, -0.2) is 23.2 Å². The number of rotatable bonds is 11. The Morgan fingerprint density at radius 2 is 1.83 bits per heavy atom. The molecule has 2 aromatic heterocycles. The second-order valence-corrected chi connectivity index (χ2v) is 12.8. The van der Waals surface area contributed by atoms with Crippen LogP contribution in [0, 0.1) is 5.82 Å². The third-order valence-corrected chi connectivity index (χ3v) is 9.54. The average molecular weight is 617 g/mol. The van der Waals surface area contributed by atoms with E-state index in [4.69, 9.17) is 9.15 Å². The number of halogens is 1. The quantitative estimate of drug-likeness (QED) is 0.166. The van der Waals surface area contributed by atoms with Crippen molar-refractivity contribution in [2.45, 2.75) is 17.9 Å². The number of hydrazine groups is 1. The summed E-state index contributed by atoms with van der Waals surface area (Å²) in [4.78, 5) is 6.57. The summed E-state index contributed by atoms with van der Waals surface area (Å²) in [5, 5.41) is 7.85. The largest absolute Gasteiger partial charge is 0.759 e. The number of fused-ring (bicyclic) bond motifs is 1. The molecule has 41 heavy (non-hydrogen) atoms. The van der Waals surface area contributed by atoms with Gasteiger partial charge in [0.2, 0.25) is 16.5 Å². The molecule has 5 aromatic rings. The van der Waals surface area contributed by atoms with E-state index < -0.39 is 37.6 Å². The highest BCUT2D eigenvalue weighted by atomic mass is 32.2. The van der Waals surface area contributed by atoms with Gasteiger partial charge in [0.05, 0.1) is 23.4 Å². The molecule has 15 heteroatoms. The molecule has 0 aliphatic carbocycles. The van der Waals surface area contributed by atoms with Crippen molar-refractivity contribution in [2.75, 3.05) is 13.4 Å². The van der Waals surface area contributed by atoms with Crippen molar-refractivity contribution in [2.24, 2.45) is 0 Å². The van der Waals surface area contributed by atoms with Crippen LogP contribution in [0.2, 0.25) is 0 Å². The number of hydrogen-bond donors (Lipinski definition) is 2. The van der Waals surface area contributed by atoms with Crippen molar-refractivity contribution in [3.8, 4) is 11.1 Å². The van der Waals surface area contributed by atoms with Crippen molar-refractivity contribution in [3.63, 3.8) is 0 Å². The van der Waals surface area contributed by atoms with Gasteiger partial charge in [0.1, 0.15) is 10.8 Å². The maximum Gasteiger partial charge on any atom is 0.249 e. The molecule has 0 saturated heterocycles. The first-order valence-electron chi connectivity index (χ1n) is 12.0. The number of sulfone groups is 1. The smallest absolute Gasteiger partial charge is 0.249 e. The Balaban J connectivity index is 1.67. The molecular formula is C26H23FN5O6S3-. The number of nitrogens with one attached hydrogen (secondary N) is 2. The third-order valence-electron chi connectivity index (χ3n) is 6.26. The van der Waals surface area contributed by atoms with Gasteiger partial charge in [-0.15, -0.1) is 21.5 Å². The first-order chi connectivity index (χ1) is 19.6. The Morgan fingerprint density at radius 1 is 1.10 bits per heavy atom. The van der Waals surface area contributed by atoms with E-state index in [1.165, 1.54) is 18.2 Å². The van der Waals surface area contributed by atoms with Crippen molar-refractivity contribution in [3.05, 3.63) is 100 Å². The van der Waals surface area contributed by atoms with E-state index in [9.17, 15) is 17.2 Å². The summed E-state index contributed by atoms with van der Waals surface area (Å²) in [6, 6.07) is 18.8. The summed E-state index contributed by atoms with van der Waals surface area (Å²) in [5.41, 5.74) is 5.44. The normalized spacial score (nSPS) is 14.2. The first kappa shape index (κ1) is 29.1. The van der Waals surface area contributed by atoms with Gasteiger partial charge in [0.25, 0.3) is 0 Å². The van der Waals surface area contributed by atoms with Crippen LogP contribution in [0.15, 0.2) is 71.1 Å². The Hall–Kier alpha value is -3.44. The summed E-state index contributed by atoms with van der Waals surface area (Å²) in [6.07, 6.45) is 0.947. The minimum atomic E-state index is -4.28. The highest BCUT2D eigenvalue weighted by Gasteiger charge is 2.55. The van der Waals surface area contributed by atoms with E-state index in [0.717, 1.165) is 40.3 Å². The molecule has 214 valence electrons. The van der Waals surface area contributed by atoms with E-state index >= 15 is 4.39 Å². The van der Waals surface area contributed by atoms with Crippen molar-refractivity contribution >= 4 is 42.7 Å². The second kappa shape index (κ2) is 11.8. The number of nitrogens with zero attached hydrogens (tertiary/aromatic N) is 3. The predicted molar refractivity (Wildman–Crippen MR) is 150 cm³/mol. The van der Waals surface area contributed by atoms with Gasteiger partial charge < -0.3 is 13.7 Å². The summed E-state index contributed by atoms with van der Waals surface area (Å²) in [5.74, 6) is -1.38. The van der Waals surface area contributed by atoms with Crippen molar-refractivity contribution in [1.82, 2.24) is 25.4 Å². The summed E-state index contributed by atoms with van der Waals surface area (Å²) in [6.45, 7) is 0.230. The number of hydrogen-bond acceptors (Lipinski definition) is 11. The molecule has 0 bridgehead atoms. The molecule has 11 nitrogen and oxygen atoms in total. The lowest BCUT2D eigenvalue weighted by molar-refractivity contribution is 0.185. The van der Waals surface area contributed by atoms with Gasteiger partial charge in [0.15, 0.2) is 9.84 Å². The van der Waals surface area contributed by atoms with Gasteiger partial charge in [-0.3, -0.25) is 4.21 Å². The van der Waals surface area contributed by atoms with E-state index in [1.807, 2.05) is 41.2 Å². The van der Waals surface area contributed by atoms with Crippen LogP contribution in [0.1, 0.15) is 27.9 Å². The van der Waals surface area contributed by atoms with Gasteiger partial charge >= 0.3 is 0 Å². The van der Waals surface area contributed by atoms with Crippen LogP contribution in [0.4, 0.5) is 4.39 Å². The summed E-state index contributed by atoms with van der Waals surface area (Å²) < 4.78 is 73.7. The Kier molecular flexibility index (Phi) is 8.37. The summed E-state index contributed by atoms with van der Waals surface area (Å²) in [7, 11) is -2.66. The molecule has 0 amide bonds. The lowest BCUT2D eigenvalue weighted by Gasteiger charge is -2.27.